The number of alkyl halides is 1. The highest BCUT2D eigenvalue weighted by molar-refractivity contribution is 9.09. The van der Waals surface area contributed by atoms with Crippen molar-refractivity contribution in [2.75, 3.05) is 0 Å². The van der Waals surface area contributed by atoms with Gasteiger partial charge in [0.25, 0.3) is 0 Å². The lowest BCUT2D eigenvalue weighted by Gasteiger charge is -2.15. The van der Waals surface area contributed by atoms with Gasteiger partial charge in [-0.2, -0.15) is 0 Å². The van der Waals surface area contributed by atoms with Crippen LogP contribution in [-0.4, -0.2) is 0 Å². The Balaban J connectivity index is 1.60. The second-order valence-electron chi connectivity index (χ2n) is 6.26. The van der Waals surface area contributed by atoms with Crippen molar-refractivity contribution in [1.82, 2.24) is 0 Å². The summed E-state index contributed by atoms with van der Waals surface area (Å²) in [6, 6.07) is 19.9. The summed E-state index contributed by atoms with van der Waals surface area (Å²) in [6.07, 6.45) is 8.03. The molecule has 0 aromatic heterocycles. The highest BCUT2D eigenvalue weighted by Crippen LogP contribution is 2.37. The van der Waals surface area contributed by atoms with E-state index in [-0.39, 0.29) is 0 Å². The average Bonchev–Trinajstić information content (AvgIpc) is 3.02. The van der Waals surface area contributed by atoms with Gasteiger partial charge in [0.2, 0.25) is 0 Å². The third-order valence-electron chi connectivity index (χ3n) is 4.61. The summed E-state index contributed by atoms with van der Waals surface area (Å²) in [5.41, 5.74) is 4.20. The molecule has 0 heterocycles. The number of hydrogen-bond acceptors (Lipinski definition) is 0. The molecule has 0 nitrogen and oxygen atoms in total. The largest absolute Gasteiger partial charge is 0.0839 e. The van der Waals surface area contributed by atoms with Crippen LogP contribution in [0.4, 0.5) is 0 Å². The smallest absolute Gasteiger partial charge is 0.0397 e. The Morgan fingerprint density at radius 2 is 1.48 bits per heavy atom. The predicted octanol–water partition coefficient (Wildman–Crippen LogP) is 6.29. The summed E-state index contributed by atoms with van der Waals surface area (Å²) < 4.78 is 0. The molecule has 1 fully saturated rings. The van der Waals surface area contributed by atoms with Gasteiger partial charge in [-0.05, 0) is 35.4 Å². The molecule has 0 spiro atoms. The minimum atomic E-state index is 0.520. The molecule has 1 saturated carbocycles. The van der Waals surface area contributed by atoms with Crippen LogP contribution in [0.5, 0.6) is 0 Å². The fourth-order valence-electron chi connectivity index (χ4n) is 3.35. The first-order valence-corrected chi connectivity index (χ1v) is 8.99. The normalized spacial score (nSPS) is 17.0. The van der Waals surface area contributed by atoms with Gasteiger partial charge in [0.15, 0.2) is 0 Å². The summed E-state index contributed by atoms with van der Waals surface area (Å²) in [7, 11) is 0. The van der Waals surface area contributed by atoms with Gasteiger partial charge < -0.3 is 0 Å². The van der Waals surface area contributed by atoms with Gasteiger partial charge in [0.1, 0.15) is 0 Å². The number of hydrogen-bond donors (Lipinski definition) is 0. The standard InChI is InChI=1S/C20H23Br/c21-20(15-17-8-4-5-9-17)19-12-10-18(11-13-19)14-16-6-2-1-3-7-16/h1-3,6-7,10-13,17,20H,4-5,8-9,14-15H2. The molecule has 0 N–H and O–H groups in total. The lowest BCUT2D eigenvalue weighted by atomic mass is 9.96. The topological polar surface area (TPSA) is 0 Å². The molecule has 0 saturated heterocycles. The Bertz CT molecular complexity index is 538. The van der Waals surface area contributed by atoms with Gasteiger partial charge in [-0.25, -0.2) is 0 Å². The van der Waals surface area contributed by atoms with Crippen molar-refractivity contribution in [3.8, 4) is 0 Å². The van der Waals surface area contributed by atoms with Crippen molar-refractivity contribution in [1.29, 1.82) is 0 Å². The molecule has 2 aromatic rings. The van der Waals surface area contributed by atoms with Crippen LogP contribution in [0, 0.1) is 5.92 Å². The lowest BCUT2D eigenvalue weighted by molar-refractivity contribution is 0.502. The van der Waals surface area contributed by atoms with Crippen LogP contribution in [0.15, 0.2) is 54.6 Å². The Morgan fingerprint density at radius 3 is 2.14 bits per heavy atom. The maximum Gasteiger partial charge on any atom is 0.0397 e. The predicted molar refractivity (Wildman–Crippen MR) is 93.9 cm³/mol. The van der Waals surface area contributed by atoms with Crippen molar-refractivity contribution >= 4 is 15.9 Å². The van der Waals surface area contributed by atoms with Gasteiger partial charge in [0.05, 0.1) is 0 Å². The molecule has 3 rings (SSSR count). The molecule has 1 unspecified atom stereocenters. The van der Waals surface area contributed by atoms with Crippen LogP contribution in [0.1, 0.15) is 53.6 Å². The van der Waals surface area contributed by atoms with E-state index in [4.69, 9.17) is 0 Å². The van der Waals surface area contributed by atoms with Crippen molar-refractivity contribution in [3.63, 3.8) is 0 Å². The van der Waals surface area contributed by atoms with Crippen molar-refractivity contribution in [2.45, 2.75) is 43.4 Å². The summed E-state index contributed by atoms with van der Waals surface area (Å²) in [4.78, 5) is 0.520. The summed E-state index contributed by atoms with van der Waals surface area (Å²) in [5, 5.41) is 0. The zero-order valence-corrected chi connectivity index (χ0v) is 14.1. The average molecular weight is 343 g/mol. The van der Waals surface area contributed by atoms with Crippen LogP contribution in [0.25, 0.3) is 0 Å². The third kappa shape index (κ3) is 4.20. The SMILES string of the molecule is BrC(CC1CCCC1)c1ccc(Cc2ccccc2)cc1. The molecule has 0 aliphatic heterocycles. The molecule has 1 aliphatic carbocycles. The lowest BCUT2D eigenvalue weighted by Crippen LogP contribution is -1.99. The number of benzene rings is 2. The second-order valence-corrected chi connectivity index (χ2v) is 7.36. The van der Waals surface area contributed by atoms with Crippen LogP contribution in [-0.2, 0) is 6.42 Å². The van der Waals surface area contributed by atoms with Gasteiger partial charge in [-0.15, -0.1) is 0 Å². The van der Waals surface area contributed by atoms with E-state index in [0.717, 1.165) is 12.3 Å². The molecule has 2 aromatic carbocycles. The Hall–Kier alpha value is -1.08. The molecule has 1 atom stereocenters. The van der Waals surface area contributed by atoms with Crippen LogP contribution in [0.3, 0.4) is 0 Å². The van der Waals surface area contributed by atoms with Crippen LogP contribution >= 0.6 is 15.9 Å². The third-order valence-corrected chi connectivity index (χ3v) is 5.51. The van der Waals surface area contributed by atoms with Crippen LogP contribution < -0.4 is 0 Å². The van der Waals surface area contributed by atoms with E-state index >= 15 is 0 Å². The first-order chi connectivity index (χ1) is 10.3. The number of rotatable bonds is 5. The zero-order valence-electron chi connectivity index (χ0n) is 12.5. The van der Waals surface area contributed by atoms with E-state index in [1.165, 1.54) is 48.8 Å². The van der Waals surface area contributed by atoms with E-state index in [1.54, 1.807) is 0 Å². The molecule has 1 aliphatic rings. The monoisotopic (exact) mass is 342 g/mol. The Kier molecular flexibility index (Phi) is 5.13. The maximum atomic E-state index is 3.89. The second kappa shape index (κ2) is 7.26. The van der Waals surface area contributed by atoms with E-state index in [0.29, 0.717) is 4.83 Å². The molecular weight excluding hydrogens is 320 g/mol. The summed E-state index contributed by atoms with van der Waals surface area (Å²) in [5.74, 6) is 0.929. The fraction of sp³-hybridized carbons (Fsp3) is 0.400. The molecular formula is C20H23Br. The Labute approximate surface area is 136 Å². The molecule has 21 heavy (non-hydrogen) atoms. The van der Waals surface area contributed by atoms with E-state index in [1.807, 2.05) is 0 Å². The summed E-state index contributed by atoms with van der Waals surface area (Å²) >= 11 is 3.89. The van der Waals surface area contributed by atoms with Gasteiger partial charge >= 0.3 is 0 Å². The number of halogens is 1. The molecule has 0 radical (unpaired) electrons. The highest BCUT2D eigenvalue weighted by atomic mass is 79.9. The summed E-state index contributed by atoms with van der Waals surface area (Å²) in [6.45, 7) is 0. The quantitative estimate of drug-likeness (QED) is 0.559. The Morgan fingerprint density at radius 1 is 0.857 bits per heavy atom. The molecule has 1 heteroatoms. The minimum absolute atomic E-state index is 0.520. The van der Waals surface area contributed by atoms with Crippen molar-refractivity contribution < 1.29 is 0 Å². The van der Waals surface area contributed by atoms with E-state index < -0.39 is 0 Å². The van der Waals surface area contributed by atoms with Gasteiger partial charge in [-0.3, -0.25) is 0 Å². The van der Waals surface area contributed by atoms with Crippen LogP contribution in [0.2, 0.25) is 0 Å². The van der Waals surface area contributed by atoms with E-state index in [2.05, 4.69) is 70.5 Å². The van der Waals surface area contributed by atoms with Crippen molar-refractivity contribution in [3.05, 3.63) is 71.3 Å². The minimum Gasteiger partial charge on any atom is -0.0839 e. The van der Waals surface area contributed by atoms with Gasteiger partial charge in [-0.1, -0.05) is 96.2 Å². The first-order valence-electron chi connectivity index (χ1n) is 8.08. The van der Waals surface area contributed by atoms with Crippen molar-refractivity contribution in [2.24, 2.45) is 5.92 Å². The molecule has 110 valence electrons. The highest BCUT2D eigenvalue weighted by Gasteiger charge is 2.19. The fourth-order valence-corrected chi connectivity index (χ4v) is 4.18. The first kappa shape index (κ1) is 14.8. The molecule has 0 amide bonds. The van der Waals surface area contributed by atoms with Gasteiger partial charge in [0, 0.05) is 4.83 Å². The zero-order chi connectivity index (χ0) is 14.5. The van der Waals surface area contributed by atoms with E-state index in [9.17, 15) is 0 Å². The maximum absolute atomic E-state index is 3.89. The molecule has 0 bridgehead atoms.